The molecule has 1 heterocycles. The first kappa shape index (κ1) is 17.0. The second-order valence-corrected chi connectivity index (χ2v) is 6.02. The Hall–Kier alpha value is -2.89. The second-order valence-electron chi connectivity index (χ2n) is 6.02. The van der Waals surface area contributed by atoms with Crippen LogP contribution in [-0.2, 0) is 11.2 Å². The van der Waals surface area contributed by atoms with E-state index in [1.54, 1.807) is 29.2 Å². The average Bonchev–Trinajstić information content (AvgIpc) is 2.62. The summed E-state index contributed by atoms with van der Waals surface area (Å²) in [4.78, 5) is 25.4. The molecule has 0 bridgehead atoms. The SMILES string of the molecule is Cc1ccc(F)c2c1N(C(=O)COc1cccc(C(N)=O)c1)CCC2. The number of carbonyl (C=O) groups is 2. The molecule has 0 fully saturated rings. The highest BCUT2D eigenvalue weighted by molar-refractivity contribution is 5.96. The first-order chi connectivity index (χ1) is 12.0. The lowest BCUT2D eigenvalue weighted by Gasteiger charge is -2.31. The van der Waals surface area contributed by atoms with Gasteiger partial charge in [0.15, 0.2) is 6.61 Å². The first-order valence-electron chi connectivity index (χ1n) is 8.08. The second kappa shape index (κ2) is 6.93. The number of ether oxygens (including phenoxy) is 1. The van der Waals surface area contributed by atoms with Gasteiger partial charge in [-0.2, -0.15) is 0 Å². The molecule has 2 N–H and O–H groups in total. The Morgan fingerprint density at radius 3 is 2.84 bits per heavy atom. The van der Waals surface area contributed by atoms with E-state index in [9.17, 15) is 14.0 Å². The van der Waals surface area contributed by atoms with Gasteiger partial charge in [-0.15, -0.1) is 0 Å². The molecular weight excluding hydrogens is 323 g/mol. The van der Waals surface area contributed by atoms with Crippen LogP contribution in [0.15, 0.2) is 36.4 Å². The van der Waals surface area contributed by atoms with Crippen LogP contribution >= 0.6 is 0 Å². The van der Waals surface area contributed by atoms with Crippen LogP contribution in [0.5, 0.6) is 5.75 Å². The predicted octanol–water partition coefficient (Wildman–Crippen LogP) is 2.59. The molecule has 1 aliphatic heterocycles. The fraction of sp³-hybridized carbons (Fsp3) is 0.263. The van der Waals surface area contributed by atoms with Crippen molar-refractivity contribution < 1.29 is 18.7 Å². The minimum atomic E-state index is -0.562. The summed E-state index contributed by atoms with van der Waals surface area (Å²) < 4.78 is 19.6. The molecule has 2 aromatic carbocycles. The summed E-state index contributed by atoms with van der Waals surface area (Å²) in [7, 11) is 0. The Morgan fingerprint density at radius 2 is 2.08 bits per heavy atom. The molecule has 0 unspecified atom stereocenters. The number of rotatable bonds is 4. The van der Waals surface area contributed by atoms with Gasteiger partial charge in [-0.1, -0.05) is 12.1 Å². The van der Waals surface area contributed by atoms with Crippen molar-refractivity contribution in [3.63, 3.8) is 0 Å². The maximum absolute atomic E-state index is 14.0. The maximum Gasteiger partial charge on any atom is 0.264 e. The van der Waals surface area contributed by atoms with Crippen LogP contribution in [0.1, 0.15) is 27.9 Å². The molecule has 2 aromatic rings. The van der Waals surface area contributed by atoms with E-state index in [1.165, 1.54) is 12.1 Å². The number of halogens is 1. The number of anilines is 1. The number of nitrogens with zero attached hydrogens (tertiary/aromatic N) is 1. The van der Waals surface area contributed by atoms with Crippen LogP contribution in [0.2, 0.25) is 0 Å². The van der Waals surface area contributed by atoms with Crippen molar-refractivity contribution in [3.05, 3.63) is 58.9 Å². The molecule has 130 valence electrons. The van der Waals surface area contributed by atoms with Crippen LogP contribution in [0.4, 0.5) is 10.1 Å². The van der Waals surface area contributed by atoms with Crippen LogP contribution in [0.25, 0.3) is 0 Å². The van der Waals surface area contributed by atoms with E-state index in [0.29, 0.717) is 42.0 Å². The predicted molar refractivity (Wildman–Crippen MR) is 92.3 cm³/mol. The molecule has 0 saturated heterocycles. The highest BCUT2D eigenvalue weighted by Gasteiger charge is 2.26. The van der Waals surface area contributed by atoms with Crippen molar-refractivity contribution in [1.29, 1.82) is 0 Å². The molecule has 3 rings (SSSR count). The van der Waals surface area contributed by atoms with Crippen molar-refractivity contribution in [1.82, 2.24) is 0 Å². The van der Waals surface area contributed by atoms with Crippen molar-refractivity contribution in [2.24, 2.45) is 5.73 Å². The summed E-state index contributed by atoms with van der Waals surface area (Å²) in [5, 5.41) is 0. The Labute approximate surface area is 145 Å². The van der Waals surface area contributed by atoms with Crippen LogP contribution < -0.4 is 15.4 Å². The molecule has 1 aliphatic rings. The fourth-order valence-corrected chi connectivity index (χ4v) is 3.08. The number of aryl methyl sites for hydroxylation is 1. The molecule has 2 amide bonds. The summed E-state index contributed by atoms with van der Waals surface area (Å²) in [5.74, 6) is -0.710. The van der Waals surface area contributed by atoms with Gasteiger partial charge in [-0.25, -0.2) is 4.39 Å². The van der Waals surface area contributed by atoms with Crippen molar-refractivity contribution in [2.45, 2.75) is 19.8 Å². The monoisotopic (exact) mass is 342 g/mol. The zero-order valence-electron chi connectivity index (χ0n) is 13.9. The smallest absolute Gasteiger partial charge is 0.264 e. The molecule has 0 saturated carbocycles. The van der Waals surface area contributed by atoms with E-state index < -0.39 is 5.91 Å². The molecule has 0 radical (unpaired) electrons. The van der Waals surface area contributed by atoms with Gasteiger partial charge in [-0.3, -0.25) is 9.59 Å². The minimum absolute atomic E-state index is 0.197. The van der Waals surface area contributed by atoms with Gasteiger partial charge < -0.3 is 15.4 Å². The molecule has 25 heavy (non-hydrogen) atoms. The number of carbonyl (C=O) groups excluding carboxylic acids is 2. The third kappa shape index (κ3) is 3.47. The largest absolute Gasteiger partial charge is 0.484 e. The third-order valence-electron chi connectivity index (χ3n) is 4.29. The molecule has 0 atom stereocenters. The Balaban J connectivity index is 1.76. The zero-order valence-corrected chi connectivity index (χ0v) is 13.9. The topological polar surface area (TPSA) is 72.6 Å². The molecule has 6 heteroatoms. The Kier molecular flexibility index (Phi) is 4.70. The summed E-state index contributed by atoms with van der Waals surface area (Å²) in [5.41, 5.74) is 7.63. The van der Waals surface area contributed by atoms with E-state index >= 15 is 0 Å². The maximum atomic E-state index is 14.0. The van der Waals surface area contributed by atoms with Gasteiger partial charge in [0.05, 0.1) is 5.69 Å². The molecular formula is C19H19FN2O3. The summed E-state index contributed by atoms with van der Waals surface area (Å²) in [6, 6.07) is 9.46. The van der Waals surface area contributed by atoms with E-state index in [0.717, 1.165) is 5.56 Å². The summed E-state index contributed by atoms with van der Waals surface area (Å²) in [6.07, 6.45) is 1.32. The third-order valence-corrected chi connectivity index (χ3v) is 4.29. The number of nitrogens with two attached hydrogens (primary N) is 1. The number of hydrogen-bond acceptors (Lipinski definition) is 3. The number of fused-ring (bicyclic) bond motifs is 1. The van der Waals surface area contributed by atoms with Gasteiger partial charge in [0.2, 0.25) is 5.91 Å². The Morgan fingerprint density at radius 1 is 1.28 bits per heavy atom. The fourth-order valence-electron chi connectivity index (χ4n) is 3.08. The molecule has 0 aromatic heterocycles. The van der Waals surface area contributed by atoms with Crippen LogP contribution in [0.3, 0.4) is 0 Å². The standard InChI is InChI=1S/C19H19FN2O3/c1-12-7-8-16(20)15-6-3-9-22(18(12)15)17(23)11-25-14-5-2-4-13(10-14)19(21)24/h2,4-5,7-8,10H,3,6,9,11H2,1H3,(H2,21,24). The molecule has 0 spiro atoms. The quantitative estimate of drug-likeness (QED) is 0.928. The highest BCUT2D eigenvalue weighted by Crippen LogP contribution is 2.32. The van der Waals surface area contributed by atoms with Crippen molar-refractivity contribution in [2.75, 3.05) is 18.1 Å². The van der Waals surface area contributed by atoms with Crippen molar-refractivity contribution in [3.8, 4) is 5.75 Å². The molecule has 5 nitrogen and oxygen atoms in total. The Bertz CT molecular complexity index is 835. The van der Waals surface area contributed by atoms with E-state index in [-0.39, 0.29) is 18.3 Å². The van der Waals surface area contributed by atoms with Gasteiger partial charge in [-0.05, 0) is 49.6 Å². The zero-order chi connectivity index (χ0) is 18.0. The van der Waals surface area contributed by atoms with E-state index in [4.69, 9.17) is 10.5 Å². The van der Waals surface area contributed by atoms with E-state index in [2.05, 4.69) is 0 Å². The number of hydrogen-bond donors (Lipinski definition) is 1. The highest BCUT2D eigenvalue weighted by atomic mass is 19.1. The lowest BCUT2D eigenvalue weighted by molar-refractivity contribution is -0.120. The van der Waals surface area contributed by atoms with Crippen LogP contribution in [-0.4, -0.2) is 25.0 Å². The molecule has 0 aliphatic carbocycles. The number of primary amides is 1. The van der Waals surface area contributed by atoms with E-state index in [1.807, 2.05) is 6.92 Å². The normalized spacial score (nSPS) is 13.3. The minimum Gasteiger partial charge on any atom is -0.484 e. The van der Waals surface area contributed by atoms with Gasteiger partial charge in [0.25, 0.3) is 5.91 Å². The van der Waals surface area contributed by atoms with Gasteiger partial charge >= 0.3 is 0 Å². The average molecular weight is 342 g/mol. The lowest BCUT2D eigenvalue weighted by atomic mass is 9.97. The van der Waals surface area contributed by atoms with Gasteiger partial charge in [0.1, 0.15) is 11.6 Å². The summed E-state index contributed by atoms with van der Waals surface area (Å²) >= 11 is 0. The number of benzene rings is 2. The van der Waals surface area contributed by atoms with Crippen molar-refractivity contribution >= 4 is 17.5 Å². The van der Waals surface area contributed by atoms with Gasteiger partial charge in [0, 0.05) is 17.7 Å². The number of amides is 2. The van der Waals surface area contributed by atoms with Crippen LogP contribution in [0, 0.1) is 12.7 Å². The first-order valence-corrected chi connectivity index (χ1v) is 8.08. The summed E-state index contributed by atoms with van der Waals surface area (Å²) in [6.45, 7) is 2.19. The lowest BCUT2D eigenvalue weighted by Crippen LogP contribution is -2.39.